The van der Waals surface area contributed by atoms with E-state index in [9.17, 15) is 18.0 Å². The van der Waals surface area contributed by atoms with Crippen LogP contribution in [-0.2, 0) is 26.2 Å². The van der Waals surface area contributed by atoms with Gasteiger partial charge in [-0.25, -0.2) is 8.42 Å². The Labute approximate surface area is 197 Å². The van der Waals surface area contributed by atoms with E-state index in [-0.39, 0.29) is 18.4 Å². The minimum atomic E-state index is -3.74. The molecule has 2 amide bonds. The standard InChI is InChI=1S/C25H35N3O4S/c1-18(2)15-26-25(30)21(5)27(16-22-10-8-7-9-11-22)24(29)17-28(33(6,31)32)23-13-19(3)12-20(4)14-23/h7-14,18,21H,15-17H2,1-6H3,(H,26,30). The van der Waals surface area contributed by atoms with Gasteiger partial charge in [0.05, 0.1) is 11.9 Å². The lowest BCUT2D eigenvalue weighted by Crippen LogP contribution is -2.51. The lowest BCUT2D eigenvalue weighted by atomic mass is 10.1. The molecule has 1 unspecified atom stereocenters. The molecule has 0 aliphatic heterocycles. The Balaban J connectivity index is 2.37. The van der Waals surface area contributed by atoms with E-state index in [4.69, 9.17) is 0 Å². The number of anilines is 1. The highest BCUT2D eigenvalue weighted by atomic mass is 32.2. The summed E-state index contributed by atoms with van der Waals surface area (Å²) in [4.78, 5) is 27.7. The van der Waals surface area contributed by atoms with Gasteiger partial charge in [-0.1, -0.05) is 50.2 Å². The van der Waals surface area contributed by atoms with Crippen molar-refractivity contribution in [1.29, 1.82) is 0 Å². The van der Waals surface area contributed by atoms with Crippen molar-refractivity contribution in [3.8, 4) is 0 Å². The molecule has 0 radical (unpaired) electrons. The monoisotopic (exact) mass is 473 g/mol. The Morgan fingerprint density at radius 3 is 2.06 bits per heavy atom. The van der Waals surface area contributed by atoms with Crippen molar-refractivity contribution in [2.24, 2.45) is 5.92 Å². The van der Waals surface area contributed by atoms with Crippen LogP contribution in [0.5, 0.6) is 0 Å². The molecule has 0 spiro atoms. The number of carbonyl (C=O) groups is 2. The molecule has 0 saturated heterocycles. The van der Waals surface area contributed by atoms with E-state index in [0.29, 0.717) is 12.2 Å². The number of sulfonamides is 1. The van der Waals surface area contributed by atoms with E-state index >= 15 is 0 Å². The van der Waals surface area contributed by atoms with Crippen molar-refractivity contribution < 1.29 is 18.0 Å². The SMILES string of the molecule is Cc1cc(C)cc(N(CC(=O)N(Cc2ccccc2)C(C)C(=O)NCC(C)C)S(C)(=O)=O)c1. The van der Waals surface area contributed by atoms with Crippen molar-refractivity contribution in [2.45, 2.75) is 47.2 Å². The molecular weight excluding hydrogens is 438 g/mol. The molecule has 180 valence electrons. The predicted octanol–water partition coefficient (Wildman–Crippen LogP) is 3.26. The number of hydrogen-bond donors (Lipinski definition) is 1. The maximum absolute atomic E-state index is 13.5. The molecule has 0 fully saturated rings. The van der Waals surface area contributed by atoms with Crippen LogP contribution in [-0.4, -0.2) is 50.5 Å². The van der Waals surface area contributed by atoms with Gasteiger partial charge in [-0.15, -0.1) is 0 Å². The van der Waals surface area contributed by atoms with Crippen LogP contribution in [0.1, 0.15) is 37.5 Å². The number of hydrogen-bond acceptors (Lipinski definition) is 4. The van der Waals surface area contributed by atoms with Gasteiger partial charge in [0.2, 0.25) is 21.8 Å². The summed E-state index contributed by atoms with van der Waals surface area (Å²) in [5, 5.41) is 2.87. The van der Waals surface area contributed by atoms with Gasteiger partial charge < -0.3 is 10.2 Å². The highest BCUT2D eigenvalue weighted by molar-refractivity contribution is 7.92. The molecule has 8 heteroatoms. The van der Waals surface area contributed by atoms with Crippen molar-refractivity contribution in [3.05, 3.63) is 65.2 Å². The lowest BCUT2D eigenvalue weighted by Gasteiger charge is -2.31. The number of benzene rings is 2. The summed E-state index contributed by atoms with van der Waals surface area (Å²) in [6.45, 7) is 9.70. The number of nitrogens with one attached hydrogen (secondary N) is 1. The van der Waals surface area contributed by atoms with Gasteiger partial charge >= 0.3 is 0 Å². The molecule has 7 nitrogen and oxygen atoms in total. The first-order valence-electron chi connectivity index (χ1n) is 11.1. The molecule has 0 aromatic heterocycles. The Morgan fingerprint density at radius 2 is 1.55 bits per heavy atom. The Morgan fingerprint density at radius 1 is 0.970 bits per heavy atom. The highest BCUT2D eigenvalue weighted by Gasteiger charge is 2.30. The van der Waals surface area contributed by atoms with E-state index in [1.807, 2.05) is 64.1 Å². The van der Waals surface area contributed by atoms with Crippen LogP contribution in [0.25, 0.3) is 0 Å². The van der Waals surface area contributed by atoms with Crippen molar-refractivity contribution in [1.82, 2.24) is 10.2 Å². The second-order valence-electron chi connectivity index (χ2n) is 8.94. The second kappa shape index (κ2) is 11.3. The molecule has 0 bridgehead atoms. The van der Waals surface area contributed by atoms with Crippen LogP contribution in [0.3, 0.4) is 0 Å². The van der Waals surface area contributed by atoms with Crippen LogP contribution >= 0.6 is 0 Å². The van der Waals surface area contributed by atoms with E-state index in [1.54, 1.807) is 19.1 Å². The smallest absolute Gasteiger partial charge is 0.244 e. The molecule has 2 rings (SSSR count). The Bertz CT molecular complexity index is 1050. The van der Waals surface area contributed by atoms with Crippen molar-refractivity contribution >= 4 is 27.5 Å². The third-order valence-electron chi connectivity index (χ3n) is 5.22. The fourth-order valence-electron chi connectivity index (χ4n) is 3.52. The number of aryl methyl sites for hydroxylation is 2. The summed E-state index contributed by atoms with van der Waals surface area (Å²) in [6, 6.07) is 14.0. The molecule has 1 atom stereocenters. The van der Waals surface area contributed by atoms with Crippen molar-refractivity contribution in [2.75, 3.05) is 23.7 Å². The van der Waals surface area contributed by atoms with Crippen molar-refractivity contribution in [3.63, 3.8) is 0 Å². The zero-order chi connectivity index (χ0) is 24.8. The summed E-state index contributed by atoms with van der Waals surface area (Å²) in [6.07, 6.45) is 1.08. The molecule has 0 aliphatic carbocycles. The largest absolute Gasteiger partial charge is 0.354 e. The van der Waals surface area contributed by atoms with Gasteiger partial charge in [0, 0.05) is 13.1 Å². The quantitative estimate of drug-likeness (QED) is 0.574. The average molecular weight is 474 g/mol. The third-order valence-corrected chi connectivity index (χ3v) is 6.36. The molecule has 2 aromatic carbocycles. The molecule has 0 heterocycles. The number of nitrogens with zero attached hydrogens (tertiary/aromatic N) is 2. The number of amides is 2. The van der Waals surface area contributed by atoms with E-state index in [2.05, 4.69) is 5.32 Å². The molecule has 33 heavy (non-hydrogen) atoms. The van der Waals surface area contributed by atoms with Crippen LogP contribution in [0, 0.1) is 19.8 Å². The van der Waals surface area contributed by atoms with Gasteiger partial charge in [-0.2, -0.15) is 0 Å². The van der Waals surface area contributed by atoms with E-state index in [0.717, 1.165) is 27.3 Å². The first kappa shape index (κ1) is 26.4. The third kappa shape index (κ3) is 7.89. The van der Waals surface area contributed by atoms with Crippen LogP contribution < -0.4 is 9.62 Å². The maximum Gasteiger partial charge on any atom is 0.244 e. The fraction of sp³-hybridized carbons (Fsp3) is 0.440. The molecular formula is C25H35N3O4S. The van der Waals surface area contributed by atoms with Gasteiger partial charge in [0.1, 0.15) is 12.6 Å². The van der Waals surface area contributed by atoms with Gasteiger partial charge in [-0.3, -0.25) is 13.9 Å². The fourth-order valence-corrected chi connectivity index (χ4v) is 4.36. The topological polar surface area (TPSA) is 86.8 Å². The van der Waals surface area contributed by atoms with E-state index in [1.165, 1.54) is 4.90 Å². The summed E-state index contributed by atoms with van der Waals surface area (Å²) in [5.74, 6) is -0.453. The van der Waals surface area contributed by atoms with Crippen LogP contribution in [0.2, 0.25) is 0 Å². The minimum absolute atomic E-state index is 0.195. The normalized spacial score (nSPS) is 12.3. The summed E-state index contributed by atoms with van der Waals surface area (Å²) < 4.78 is 26.4. The zero-order valence-electron chi connectivity index (χ0n) is 20.3. The molecule has 0 aliphatic rings. The van der Waals surface area contributed by atoms with E-state index < -0.39 is 28.5 Å². The maximum atomic E-state index is 13.5. The van der Waals surface area contributed by atoms with Gasteiger partial charge in [0.15, 0.2) is 0 Å². The van der Waals surface area contributed by atoms with Crippen LogP contribution in [0.4, 0.5) is 5.69 Å². The van der Waals surface area contributed by atoms with Gasteiger partial charge in [-0.05, 0) is 55.5 Å². The molecule has 2 aromatic rings. The average Bonchev–Trinajstić information content (AvgIpc) is 2.72. The lowest BCUT2D eigenvalue weighted by molar-refractivity contribution is -0.139. The number of rotatable bonds is 10. The predicted molar refractivity (Wildman–Crippen MR) is 132 cm³/mol. The minimum Gasteiger partial charge on any atom is -0.354 e. The summed E-state index contributed by atoms with van der Waals surface area (Å²) in [5.41, 5.74) is 3.08. The van der Waals surface area contributed by atoms with Gasteiger partial charge in [0.25, 0.3) is 0 Å². The zero-order valence-corrected chi connectivity index (χ0v) is 21.1. The summed E-state index contributed by atoms with van der Waals surface area (Å²) in [7, 11) is -3.74. The Hall–Kier alpha value is -2.87. The first-order valence-corrected chi connectivity index (χ1v) is 12.9. The summed E-state index contributed by atoms with van der Waals surface area (Å²) >= 11 is 0. The highest BCUT2D eigenvalue weighted by Crippen LogP contribution is 2.22. The second-order valence-corrected chi connectivity index (χ2v) is 10.8. The molecule has 1 N–H and O–H groups in total. The Kier molecular flexibility index (Phi) is 9.05. The first-order chi connectivity index (χ1) is 15.4. The van der Waals surface area contributed by atoms with Crippen LogP contribution in [0.15, 0.2) is 48.5 Å². The molecule has 0 saturated carbocycles. The number of carbonyl (C=O) groups excluding carboxylic acids is 2.